The van der Waals surface area contributed by atoms with E-state index < -0.39 is 0 Å². The lowest BCUT2D eigenvalue weighted by Gasteiger charge is -2.05. The fraction of sp³-hybridized carbons (Fsp3) is 0.133. The summed E-state index contributed by atoms with van der Waals surface area (Å²) in [4.78, 5) is 11.3. The first-order chi connectivity index (χ1) is 8.65. The maximum atomic E-state index is 13.5. The van der Waals surface area contributed by atoms with E-state index in [1.807, 2.05) is 18.2 Å². The molecule has 1 aliphatic heterocycles. The van der Waals surface area contributed by atoms with Gasteiger partial charge in [0, 0.05) is 5.56 Å². The fourth-order valence-electron chi connectivity index (χ4n) is 2.09. The Kier molecular flexibility index (Phi) is 2.40. The van der Waals surface area contributed by atoms with E-state index in [9.17, 15) is 9.18 Å². The molecule has 1 aliphatic rings. The molecule has 3 heteroatoms. The average Bonchev–Trinajstić information content (AvgIpc) is 2.74. The van der Waals surface area contributed by atoms with E-state index in [-0.39, 0.29) is 11.8 Å². The molecular formula is C15H11FO2. The summed E-state index contributed by atoms with van der Waals surface area (Å²) >= 11 is 0. The van der Waals surface area contributed by atoms with Crippen LogP contribution in [0.15, 0.2) is 36.4 Å². The van der Waals surface area contributed by atoms with E-state index in [2.05, 4.69) is 0 Å². The minimum absolute atomic E-state index is 0.222. The lowest BCUT2D eigenvalue weighted by atomic mass is 9.99. The molecule has 3 rings (SSSR count). The molecule has 0 radical (unpaired) electrons. The molecule has 0 atom stereocenters. The molecule has 0 aromatic heterocycles. The Morgan fingerprint density at radius 3 is 2.61 bits per heavy atom. The highest BCUT2D eigenvalue weighted by molar-refractivity contribution is 5.94. The molecule has 90 valence electrons. The zero-order valence-electron chi connectivity index (χ0n) is 9.87. The molecule has 18 heavy (non-hydrogen) atoms. The second kappa shape index (κ2) is 3.95. The highest BCUT2D eigenvalue weighted by Crippen LogP contribution is 2.27. The molecule has 2 aromatic rings. The number of carbonyl (C=O) groups is 1. The largest absolute Gasteiger partial charge is 0.457 e. The van der Waals surface area contributed by atoms with Gasteiger partial charge in [-0.25, -0.2) is 9.18 Å². The van der Waals surface area contributed by atoms with Crippen molar-refractivity contribution in [1.82, 2.24) is 0 Å². The third-order valence-electron chi connectivity index (χ3n) is 3.19. The number of rotatable bonds is 1. The molecule has 0 fully saturated rings. The van der Waals surface area contributed by atoms with Crippen LogP contribution in [0.2, 0.25) is 0 Å². The van der Waals surface area contributed by atoms with Crippen molar-refractivity contribution in [1.29, 1.82) is 0 Å². The van der Waals surface area contributed by atoms with Crippen molar-refractivity contribution in [2.24, 2.45) is 0 Å². The maximum absolute atomic E-state index is 13.5. The number of cyclic esters (lactones) is 1. The van der Waals surface area contributed by atoms with Crippen molar-refractivity contribution in [3.05, 3.63) is 58.9 Å². The third-order valence-corrected chi connectivity index (χ3v) is 3.19. The summed E-state index contributed by atoms with van der Waals surface area (Å²) in [5.74, 6) is -0.507. The van der Waals surface area contributed by atoms with E-state index >= 15 is 0 Å². The van der Waals surface area contributed by atoms with Gasteiger partial charge in [-0.15, -0.1) is 0 Å². The summed E-state index contributed by atoms with van der Waals surface area (Å²) in [5, 5.41) is 0. The summed E-state index contributed by atoms with van der Waals surface area (Å²) in [6.45, 7) is 2.03. The fourth-order valence-corrected chi connectivity index (χ4v) is 2.09. The number of halogens is 1. The first-order valence-electron chi connectivity index (χ1n) is 5.72. The van der Waals surface area contributed by atoms with Crippen LogP contribution in [-0.4, -0.2) is 5.97 Å². The van der Waals surface area contributed by atoms with Crippen LogP contribution in [0.4, 0.5) is 4.39 Å². The van der Waals surface area contributed by atoms with Crippen LogP contribution in [0.25, 0.3) is 11.1 Å². The van der Waals surface area contributed by atoms with Gasteiger partial charge in [0.1, 0.15) is 12.4 Å². The van der Waals surface area contributed by atoms with Gasteiger partial charge in [-0.2, -0.15) is 0 Å². The van der Waals surface area contributed by atoms with Gasteiger partial charge < -0.3 is 4.74 Å². The Morgan fingerprint density at radius 2 is 1.83 bits per heavy atom. The first-order valence-corrected chi connectivity index (χ1v) is 5.72. The average molecular weight is 242 g/mol. The SMILES string of the molecule is Cc1ccc(-c2ccc3c(c2)COC3=O)cc1F. The van der Waals surface area contributed by atoms with E-state index in [0.29, 0.717) is 17.7 Å². The second-order valence-corrected chi connectivity index (χ2v) is 4.41. The molecule has 0 saturated carbocycles. The number of aryl methyl sites for hydroxylation is 1. The molecule has 0 bridgehead atoms. The maximum Gasteiger partial charge on any atom is 0.338 e. The van der Waals surface area contributed by atoms with Crippen molar-refractivity contribution < 1.29 is 13.9 Å². The number of esters is 1. The first kappa shape index (κ1) is 11.0. The summed E-state index contributed by atoms with van der Waals surface area (Å²) in [6, 6.07) is 10.6. The van der Waals surface area contributed by atoms with Gasteiger partial charge in [0.2, 0.25) is 0 Å². The zero-order valence-corrected chi connectivity index (χ0v) is 9.87. The Hall–Kier alpha value is -2.16. The van der Waals surface area contributed by atoms with Crippen molar-refractivity contribution in [2.45, 2.75) is 13.5 Å². The Morgan fingerprint density at radius 1 is 1.11 bits per heavy atom. The molecule has 2 nitrogen and oxygen atoms in total. The smallest absolute Gasteiger partial charge is 0.338 e. The lowest BCUT2D eigenvalue weighted by molar-refractivity contribution is 0.0535. The van der Waals surface area contributed by atoms with Gasteiger partial charge in [-0.05, 0) is 41.8 Å². The van der Waals surface area contributed by atoms with E-state index in [0.717, 1.165) is 16.7 Å². The number of fused-ring (bicyclic) bond motifs is 1. The molecule has 0 aliphatic carbocycles. The van der Waals surface area contributed by atoms with Crippen molar-refractivity contribution >= 4 is 5.97 Å². The second-order valence-electron chi connectivity index (χ2n) is 4.41. The van der Waals surface area contributed by atoms with Gasteiger partial charge in [-0.1, -0.05) is 18.2 Å². The highest BCUT2D eigenvalue weighted by Gasteiger charge is 2.21. The van der Waals surface area contributed by atoms with Crippen LogP contribution >= 0.6 is 0 Å². The number of hydrogen-bond acceptors (Lipinski definition) is 2. The molecule has 2 aromatic carbocycles. The van der Waals surface area contributed by atoms with E-state index in [1.165, 1.54) is 6.07 Å². The normalized spacial score (nSPS) is 13.3. The van der Waals surface area contributed by atoms with Gasteiger partial charge >= 0.3 is 5.97 Å². The summed E-state index contributed by atoms with van der Waals surface area (Å²) < 4.78 is 18.5. The number of carbonyl (C=O) groups excluding carboxylic acids is 1. The van der Waals surface area contributed by atoms with Gasteiger partial charge in [0.05, 0.1) is 5.56 Å². The van der Waals surface area contributed by atoms with Crippen molar-refractivity contribution in [3.63, 3.8) is 0 Å². The van der Waals surface area contributed by atoms with Crippen LogP contribution in [0, 0.1) is 12.7 Å². The third kappa shape index (κ3) is 1.68. The topological polar surface area (TPSA) is 26.3 Å². The van der Waals surface area contributed by atoms with E-state index in [4.69, 9.17) is 4.74 Å². The number of benzene rings is 2. The van der Waals surface area contributed by atoms with Crippen LogP contribution in [0.5, 0.6) is 0 Å². The molecule has 0 saturated heterocycles. The predicted octanol–water partition coefficient (Wildman–Crippen LogP) is 3.47. The van der Waals surface area contributed by atoms with Crippen LogP contribution in [0.1, 0.15) is 21.5 Å². The standard InChI is InChI=1S/C15H11FO2/c1-9-2-3-11(7-14(9)16)10-4-5-13-12(6-10)8-18-15(13)17/h2-7H,8H2,1H3. The Labute approximate surface area is 104 Å². The van der Waals surface area contributed by atoms with E-state index in [1.54, 1.807) is 19.1 Å². The molecule has 0 unspecified atom stereocenters. The predicted molar refractivity (Wildman–Crippen MR) is 65.7 cm³/mol. The minimum atomic E-state index is -0.286. The van der Waals surface area contributed by atoms with Crippen LogP contribution < -0.4 is 0 Å². The summed E-state index contributed by atoms with van der Waals surface area (Å²) in [6.07, 6.45) is 0. The molecule has 0 amide bonds. The Balaban J connectivity index is 2.07. The van der Waals surface area contributed by atoms with Crippen LogP contribution in [0.3, 0.4) is 0 Å². The molecular weight excluding hydrogens is 231 g/mol. The minimum Gasteiger partial charge on any atom is -0.457 e. The van der Waals surface area contributed by atoms with Crippen molar-refractivity contribution in [3.8, 4) is 11.1 Å². The van der Waals surface area contributed by atoms with Gasteiger partial charge in [-0.3, -0.25) is 0 Å². The monoisotopic (exact) mass is 242 g/mol. The summed E-state index contributed by atoms with van der Waals surface area (Å²) in [5.41, 5.74) is 3.79. The zero-order chi connectivity index (χ0) is 12.7. The quantitative estimate of drug-likeness (QED) is 0.716. The van der Waals surface area contributed by atoms with Gasteiger partial charge in [0.25, 0.3) is 0 Å². The molecule has 1 heterocycles. The highest BCUT2D eigenvalue weighted by atomic mass is 19.1. The molecule has 0 spiro atoms. The molecule has 0 N–H and O–H groups in total. The lowest BCUT2D eigenvalue weighted by Crippen LogP contribution is -1.93. The number of ether oxygens (including phenoxy) is 1. The number of hydrogen-bond donors (Lipinski definition) is 0. The van der Waals surface area contributed by atoms with Crippen LogP contribution in [-0.2, 0) is 11.3 Å². The van der Waals surface area contributed by atoms with Crippen molar-refractivity contribution in [2.75, 3.05) is 0 Å². The Bertz CT molecular complexity index is 647. The summed E-state index contributed by atoms with van der Waals surface area (Å²) in [7, 11) is 0. The van der Waals surface area contributed by atoms with Gasteiger partial charge in [0.15, 0.2) is 0 Å².